The summed E-state index contributed by atoms with van der Waals surface area (Å²) in [5.74, 6) is -0.121. The molecule has 0 aliphatic carbocycles. The molecule has 6 heteroatoms. The summed E-state index contributed by atoms with van der Waals surface area (Å²) in [6.07, 6.45) is 3.68. The fraction of sp³-hybridized carbons (Fsp3) is 0.818. The van der Waals surface area contributed by atoms with Crippen molar-refractivity contribution < 1.29 is 19.4 Å². The van der Waals surface area contributed by atoms with Crippen LogP contribution in [0.5, 0.6) is 0 Å². The van der Waals surface area contributed by atoms with Crippen molar-refractivity contribution in [1.29, 1.82) is 0 Å². The van der Waals surface area contributed by atoms with Gasteiger partial charge in [-0.25, -0.2) is 0 Å². The van der Waals surface area contributed by atoms with E-state index in [1.54, 1.807) is 0 Å². The van der Waals surface area contributed by atoms with Gasteiger partial charge in [0.2, 0.25) is 5.91 Å². The molecule has 98 valence electrons. The fourth-order valence-corrected chi connectivity index (χ4v) is 2.23. The zero-order valence-corrected chi connectivity index (χ0v) is 10.9. The number of carbonyl (C=O) groups excluding carboxylic acids is 1. The van der Waals surface area contributed by atoms with Crippen molar-refractivity contribution in [2.45, 2.75) is 25.4 Å². The van der Waals surface area contributed by atoms with Crippen molar-refractivity contribution in [1.82, 2.24) is 4.90 Å². The monoisotopic (exact) mass is 261 g/mol. The first kappa shape index (κ1) is 14.3. The highest BCUT2D eigenvalue weighted by molar-refractivity contribution is 7.99. The molecule has 1 N–H and O–H groups in total. The van der Waals surface area contributed by atoms with Crippen molar-refractivity contribution in [3.63, 3.8) is 0 Å². The van der Waals surface area contributed by atoms with Gasteiger partial charge in [0.15, 0.2) is 0 Å². The van der Waals surface area contributed by atoms with Crippen LogP contribution in [0, 0.1) is 0 Å². The van der Waals surface area contributed by atoms with Gasteiger partial charge in [-0.2, -0.15) is 11.8 Å². The molecule has 0 aromatic rings. The van der Waals surface area contributed by atoms with Gasteiger partial charge in [-0.15, -0.1) is 0 Å². The Morgan fingerprint density at radius 2 is 2.06 bits per heavy atom. The van der Waals surface area contributed by atoms with E-state index in [4.69, 9.17) is 9.84 Å². The zero-order chi connectivity index (χ0) is 12.7. The molecule has 1 rings (SSSR count). The summed E-state index contributed by atoms with van der Waals surface area (Å²) in [6.45, 7) is 1.70. The van der Waals surface area contributed by atoms with Crippen molar-refractivity contribution in [2.75, 3.05) is 31.7 Å². The molecule has 1 heterocycles. The van der Waals surface area contributed by atoms with Crippen LogP contribution in [0.4, 0.5) is 0 Å². The molecule has 1 aliphatic rings. The Morgan fingerprint density at radius 3 is 2.59 bits per heavy atom. The number of carboxylic acids is 1. The highest BCUT2D eigenvalue weighted by atomic mass is 32.2. The van der Waals surface area contributed by atoms with Gasteiger partial charge >= 0.3 is 5.97 Å². The van der Waals surface area contributed by atoms with E-state index in [2.05, 4.69) is 0 Å². The van der Waals surface area contributed by atoms with Crippen LogP contribution in [0.2, 0.25) is 0 Å². The lowest BCUT2D eigenvalue weighted by Gasteiger charge is -2.31. The number of aliphatic carboxylic acids is 1. The molecule has 0 radical (unpaired) electrons. The van der Waals surface area contributed by atoms with Crippen molar-refractivity contribution in [3.05, 3.63) is 0 Å². The quantitative estimate of drug-likeness (QED) is 0.767. The maximum atomic E-state index is 11.6. The van der Waals surface area contributed by atoms with Crippen LogP contribution < -0.4 is 0 Å². The van der Waals surface area contributed by atoms with Crippen LogP contribution >= 0.6 is 11.8 Å². The van der Waals surface area contributed by atoms with Gasteiger partial charge in [0, 0.05) is 13.1 Å². The number of hydrogen-bond donors (Lipinski definition) is 1. The topological polar surface area (TPSA) is 66.8 Å². The summed E-state index contributed by atoms with van der Waals surface area (Å²) in [5.41, 5.74) is 0. The minimum atomic E-state index is -0.836. The van der Waals surface area contributed by atoms with E-state index >= 15 is 0 Å². The summed E-state index contributed by atoms with van der Waals surface area (Å²) in [4.78, 5) is 23.8. The summed E-state index contributed by atoms with van der Waals surface area (Å²) in [5, 5.41) is 8.48. The SMILES string of the molecule is CSCC(=O)N1CCC(OCCC(=O)O)CC1. The smallest absolute Gasteiger partial charge is 0.305 e. The molecule has 0 aromatic carbocycles. The predicted octanol–water partition coefficient (Wildman–Crippen LogP) is 0.832. The Hall–Kier alpha value is -0.750. The third-order valence-electron chi connectivity index (χ3n) is 2.73. The van der Waals surface area contributed by atoms with Gasteiger partial charge in [0.05, 0.1) is 24.9 Å². The molecule has 5 nitrogen and oxygen atoms in total. The van der Waals surface area contributed by atoms with E-state index in [9.17, 15) is 9.59 Å². The van der Waals surface area contributed by atoms with Gasteiger partial charge in [0.25, 0.3) is 0 Å². The number of thioether (sulfide) groups is 1. The van der Waals surface area contributed by atoms with E-state index in [1.165, 1.54) is 11.8 Å². The van der Waals surface area contributed by atoms with Crippen molar-refractivity contribution >= 4 is 23.6 Å². The second kappa shape index (κ2) is 7.55. The molecule has 1 fully saturated rings. The Bertz CT molecular complexity index is 264. The van der Waals surface area contributed by atoms with Gasteiger partial charge in [-0.05, 0) is 19.1 Å². The molecule has 0 saturated carbocycles. The maximum Gasteiger partial charge on any atom is 0.305 e. The lowest BCUT2D eigenvalue weighted by molar-refractivity contribution is -0.139. The molecule has 1 aliphatic heterocycles. The zero-order valence-electron chi connectivity index (χ0n) is 10.1. The number of likely N-dealkylation sites (tertiary alicyclic amines) is 1. The first-order chi connectivity index (χ1) is 8.13. The van der Waals surface area contributed by atoms with Crippen LogP contribution in [0.3, 0.4) is 0 Å². The minimum absolute atomic E-state index is 0.0472. The predicted molar refractivity (Wildman–Crippen MR) is 66.2 cm³/mol. The maximum absolute atomic E-state index is 11.6. The van der Waals surface area contributed by atoms with Gasteiger partial charge in [-0.3, -0.25) is 9.59 Å². The first-order valence-electron chi connectivity index (χ1n) is 5.73. The molecule has 0 unspecified atom stereocenters. The number of carbonyl (C=O) groups is 2. The summed E-state index contributed by atoms with van der Waals surface area (Å²) in [7, 11) is 0. The van der Waals surface area contributed by atoms with Gasteiger partial charge < -0.3 is 14.7 Å². The normalized spacial score (nSPS) is 17.1. The molecule has 0 atom stereocenters. The Balaban J connectivity index is 2.17. The number of amides is 1. The second-order valence-corrected chi connectivity index (χ2v) is 4.89. The number of ether oxygens (including phenoxy) is 1. The number of rotatable bonds is 6. The average Bonchev–Trinajstić information content (AvgIpc) is 2.30. The Morgan fingerprint density at radius 1 is 1.41 bits per heavy atom. The van der Waals surface area contributed by atoms with Gasteiger partial charge in [0.1, 0.15) is 0 Å². The van der Waals surface area contributed by atoms with Crippen molar-refractivity contribution in [2.24, 2.45) is 0 Å². The molecule has 17 heavy (non-hydrogen) atoms. The third kappa shape index (κ3) is 5.41. The molecule has 0 aromatic heterocycles. The highest BCUT2D eigenvalue weighted by Crippen LogP contribution is 2.14. The first-order valence-corrected chi connectivity index (χ1v) is 7.13. The number of piperidine rings is 1. The Kier molecular flexibility index (Phi) is 6.36. The minimum Gasteiger partial charge on any atom is -0.481 e. The molecule has 0 bridgehead atoms. The van der Waals surface area contributed by atoms with Crippen LogP contribution in [0.1, 0.15) is 19.3 Å². The van der Waals surface area contributed by atoms with Crippen LogP contribution in [0.15, 0.2) is 0 Å². The number of carboxylic acid groups (broad SMARTS) is 1. The average molecular weight is 261 g/mol. The van der Waals surface area contributed by atoms with Crippen LogP contribution in [-0.4, -0.2) is 59.7 Å². The summed E-state index contributed by atoms with van der Waals surface area (Å²) >= 11 is 1.53. The third-order valence-corrected chi connectivity index (χ3v) is 3.27. The van der Waals surface area contributed by atoms with E-state index in [1.807, 2.05) is 11.2 Å². The van der Waals surface area contributed by atoms with Gasteiger partial charge in [-0.1, -0.05) is 0 Å². The van der Waals surface area contributed by atoms with E-state index in [0.29, 0.717) is 5.75 Å². The summed E-state index contributed by atoms with van der Waals surface area (Å²) < 4.78 is 5.46. The van der Waals surface area contributed by atoms with Crippen LogP contribution in [0.25, 0.3) is 0 Å². The van der Waals surface area contributed by atoms with E-state index < -0.39 is 5.97 Å². The number of nitrogens with zero attached hydrogens (tertiary/aromatic N) is 1. The largest absolute Gasteiger partial charge is 0.481 e. The van der Waals surface area contributed by atoms with Crippen molar-refractivity contribution in [3.8, 4) is 0 Å². The summed E-state index contributed by atoms with van der Waals surface area (Å²) in [6, 6.07) is 0. The molecular weight excluding hydrogens is 242 g/mol. The standard InChI is InChI=1S/C11H19NO4S/c1-17-8-10(13)12-5-2-9(3-6-12)16-7-4-11(14)15/h9H,2-8H2,1H3,(H,14,15). The molecule has 1 amide bonds. The van der Waals surface area contributed by atoms with E-state index in [-0.39, 0.29) is 25.0 Å². The number of hydrogen-bond acceptors (Lipinski definition) is 4. The molecular formula is C11H19NO4S. The Labute approximate surface area is 105 Å². The molecule has 0 spiro atoms. The molecule has 1 saturated heterocycles. The lowest BCUT2D eigenvalue weighted by Crippen LogP contribution is -2.41. The van der Waals surface area contributed by atoms with E-state index in [0.717, 1.165) is 25.9 Å². The lowest BCUT2D eigenvalue weighted by atomic mass is 10.1. The van der Waals surface area contributed by atoms with Crippen LogP contribution in [-0.2, 0) is 14.3 Å². The fourth-order valence-electron chi connectivity index (χ4n) is 1.80. The highest BCUT2D eigenvalue weighted by Gasteiger charge is 2.22. The second-order valence-electron chi connectivity index (χ2n) is 4.03.